The van der Waals surface area contributed by atoms with Gasteiger partial charge in [0.1, 0.15) is 5.75 Å². The summed E-state index contributed by atoms with van der Waals surface area (Å²) in [7, 11) is 0. The van der Waals surface area contributed by atoms with Gasteiger partial charge in [-0.1, -0.05) is 12.1 Å². The number of rotatable bonds is 5. The van der Waals surface area contributed by atoms with E-state index < -0.39 is 0 Å². The highest BCUT2D eigenvalue weighted by Gasteiger charge is 2.24. The first-order chi connectivity index (χ1) is 9.20. The summed E-state index contributed by atoms with van der Waals surface area (Å²) in [6, 6.07) is 6.57. The molecule has 1 atom stereocenters. The lowest BCUT2D eigenvalue weighted by Gasteiger charge is -2.14. The second-order valence-electron chi connectivity index (χ2n) is 5.86. The molecule has 1 fully saturated rings. The van der Waals surface area contributed by atoms with Gasteiger partial charge in [0.05, 0.1) is 6.61 Å². The van der Waals surface area contributed by atoms with E-state index in [4.69, 9.17) is 4.74 Å². The molecule has 1 amide bonds. The third-order valence-electron chi connectivity index (χ3n) is 3.87. The van der Waals surface area contributed by atoms with Crippen LogP contribution < -0.4 is 10.1 Å². The Kier molecular flexibility index (Phi) is 3.45. The number of carbonyl (C=O) groups excluding carboxylic acids is 1. The third kappa shape index (κ3) is 3.28. The molecule has 2 aliphatic rings. The topological polar surface area (TPSA) is 38.3 Å². The average molecular weight is 259 g/mol. The van der Waals surface area contributed by atoms with Crippen LogP contribution in [0.25, 0.3) is 0 Å². The second-order valence-corrected chi connectivity index (χ2v) is 5.86. The summed E-state index contributed by atoms with van der Waals surface area (Å²) in [4.78, 5) is 11.8. The molecule has 1 aliphatic carbocycles. The zero-order valence-corrected chi connectivity index (χ0v) is 11.4. The van der Waals surface area contributed by atoms with Crippen molar-refractivity contribution in [3.8, 4) is 5.75 Å². The predicted molar refractivity (Wildman–Crippen MR) is 74.3 cm³/mol. The van der Waals surface area contributed by atoms with Crippen LogP contribution in [0.4, 0.5) is 0 Å². The maximum Gasteiger partial charge on any atom is 0.220 e. The average Bonchev–Trinajstić information content (AvgIpc) is 3.04. The van der Waals surface area contributed by atoms with Gasteiger partial charge >= 0.3 is 0 Å². The fourth-order valence-corrected chi connectivity index (χ4v) is 2.69. The molecule has 3 nitrogen and oxygen atoms in total. The molecule has 1 heterocycles. The van der Waals surface area contributed by atoms with E-state index in [0.29, 0.717) is 12.3 Å². The Labute approximate surface area is 114 Å². The minimum absolute atomic E-state index is 0.201. The minimum atomic E-state index is 0.201. The Hall–Kier alpha value is -1.51. The Morgan fingerprint density at radius 3 is 3.11 bits per heavy atom. The number of carbonyl (C=O) groups is 1. The van der Waals surface area contributed by atoms with Gasteiger partial charge in [-0.25, -0.2) is 0 Å². The van der Waals surface area contributed by atoms with Gasteiger partial charge in [-0.15, -0.1) is 0 Å². The number of benzene rings is 1. The van der Waals surface area contributed by atoms with Gasteiger partial charge in [0.15, 0.2) is 0 Å². The minimum Gasteiger partial charge on any atom is -0.493 e. The molecular formula is C16H21NO2. The number of hydrogen-bond acceptors (Lipinski definition) is 2. The Balaban J connectivity index is 1.53. The smallest absolute Gasteiger partial charge is 0.220 e. The second kappa shape index (κ2) is 5.24. The van der Waals surface area contributed by atoms with E-state index in [1.807, 2.05) is 0 Å². The van der Waals surface area contributed by atoms with Gasteiger partial charge in [-0.05, 0) is 49.3 Å². The normalized spacial score (nSPS) is 18.6. The van der Waals surface area contributed by atoms with E-state index in [1.165, 1.54) is 24.0 Å². The molecule has 19 heavy (non-hydrogen) atoms. The molecule has 1 N–H and O–H groups in total. The van der Waals surface area contributed by atoms with Crippen LogP contribution in [0.1, 0.15) is 37.3 Å². The highest BCUT2D eigenvalue weighted by Crippen LogP contribution is 2.32. The molecule has 3 heteroatoms. The first-order valence-electron chi connectivity index (χ1n) is 7.24. The highest BCUT2D eigenvalue weighted by atomic mass is 16.5. The van der Waals surface area contributed by atoms with Gasteiger partial charge in [0.2, 0.25) is 5.91 Å². The van der Waals surface area contributed by atoms with Crippen molar-refractivity contribution in [3.63, 3.8) is 0 Å². The van der Waals surface area contributed by atoms with Crippen molar-refractivity contribution in [2.75, 3.05) is 6.61 Å². The van der Waals surface area contributed by atoms with Crippen molar-refractivity contribution < 1.29 is 9.53 Å². The first-order valence-corrected chi connectivity index (χ1v) is 7.24. The molecule has 0 saturated heterocycles. The van der Waals surface area contributed by atoms with Crippen LogP contribution >= 0.6 is 0 Å². The van der Waals surface area contributed by atoms with Crippen molar-refractivity contribution >= 4 is 5.91 Å². The molecule has 1 aromatic rings. The van der Waals surface area contributed by atoms with E-state index in [-0.39, 0.29) is 11.9 Å². The van der Waals surface area contributed by atoms with Gasteiger partial charge < -0.3 is 10.1 Å². The SMILES string of the molecule is CC(Cc1ccc2c(c1)CCO2)NC(=O)CC1CC1. The van der Waals surface area contributed by atoms with E-state index in [1.54, 1.807) is 0 Å². The molecule has 0 aromatic heterocycles. The maximum atomic E-state index is 11.8. The Morgan fingerprint density at radius 1 is 1.47 bits per heavy atom. The summed E-state index contributed by atoms with van der Waals surface area (Å²) in [5, 5.41) is 3.10. The summed E-state index contributed by atoms with van der Waals surface area (Å²) in [5.74, 6) is 1.89. The number of fused-ring (bicyclic) bond motifs is 1. The van der Waals surface area contributed by atoms with E-state index in [0.717, 1.165) is 25.2 Å². The largest absolute Gasteiger partial charge is 0.493 e. The van der Waals surface area contributed by atoms with Crippen LogP contribution in [0.3, 0.4) is 0 Å². The summed E-state index contributed by atoms with van der Waals surface area (Å²) in [6.07, 6.45) is 5.07. The maximum absolute atomic E-state index is 11.8. The van der Waals surface area contributed by atoms with Crippen molar-refractivity contribution in [1.82, 2.24) is 5.32 Å². The van der Waals surface area contributed by atoms with Crippen LogP contribution in [0, 0.1) is 5.92 Å². The number of amides is 1. The van der Waals surface area contributed by atoms with Crippen LogP contribution in [-0.2, 0) is 17.6 Å². The van der Waals surface area contributed by atoms with Crippen molar-refractivity contribution in [2.24, 2.45) is 5.92 Å². The first kappa shape index (κ1) is 12.5. The fraction of sp³-hybridized carbons (Fsp3) is 0.562. The van der Waals surface area contributed by atoms with Gasteiger partial charge in [0.25, 0.3) is 0 Å². The zero-order valence-electron chi connectivity index (χ0n) is 11.4. The molecule has 0 bridgehead atoms. The number of ether oxygens (including phenoxy) is 1. The summed E-state index contributed by atoms with van der Waals surface area (Å²) in [6.45, 7) is 2.88. The molecule has 102 valence electrons. The Morgan fingerprint density at radius 2 is 2.32 bits per heavy atom. The third-order valence-corrected chi connectivity index (χ3v) is 3.87. The molecule has 1 unspecified atom stereocenters. The number of hydrogen-bond donors (Lipinski definition) is 1. The van der Waals surface area contributed by atoms with Crippen LogP contribution in [0.15, 0.2) is 18.2 Å². The van der Waals surface area contributed by atoms with Gasteiger partial charge in [0, 0.05) is 18.9 Å². The number of nitrogens with one attached hydrogen (secondary N) is 1. The zero-order chi connectivity index (χ0) is 13.2. The lowest BCUT2D eigenvalue weighted by molar-refractivity contribution is -0.122. The predicted octanol–water partition coefficient (Wildman–Crippen LogP) is 2.47. The molecule has 1 aliphatic heterocycles. The van der Waals surface area contributed by atoms with E-state index >= 15 is 0 Å². The summed E-state index contributed by atoms with van der Waals surface area (Å²) in [5.41, 5.74) is 2.58. The van der Waals surface area contributed by atoms with Crippen molar-refractivity contribution in [2.45, 2.75) is 45.1 Å². The van der Waals surface area contributed by atoms with Crippen molar-refractivity contribution in [1.29, 1.82) is 0 Å². The molecule has 0 spiro atoms. The van der Waals surface area contributed by atoms with Crippen LogP contribution in [-0.4, -0.2) is 18.6 Å². The monoisotopic (exact) mass is 259 g/mol. The van der Waals surface area contributed by atoms with E-state index in [2.05, 4.69) is 30.4 Å². The highest BCUT2D eigenvalue weighted by molar-refractivity contribution is 5.76. The molecular weight excluding hydrogens is 238 g/mol. The van der Waals surface area contributed by atoms with Crippen molar-refractivity contribution in [3.05, 3.63) is 29.3 Å². The fourth-order valence-electron chi connectivity index (χ4n) is 2.69. The summed E-state index contributed by atoms with van der Waals surface area (Å²) < 4.78 is 5.50. The van der Waals surface area contributed by atoms with Crippen LogP contribution in [0.5, 0.6) is 5.75 Å². The quantitative estimate of drug-likeness (QED) is 0.882. The van der Waals surface area contributed by atoms with Crippen LogP contribution in [0.2, 0.25) is 0 Å². The molecule has 0 radical (unpaired) electrons. The lowest BCUT2D eigenvalue weighted by Crippen LogP contribution is -2.34. The van der Waals surface area contributed by atoms with Gasteiger partial charge in [-0.2, -0.15) is 0 Å². The molecule has 3 rings (SSSR count). The molecule has 1 saturated carbocycles. The van der Waals surface area contributed by atoms with E-state index in [9.17, 15) is 4.79 Å². The Bertz CT molecular complexity index is 480. The van der Waals surface area contributed by atoms with Gasteiger partial charge in [-0.3, -0.25) is 4.79 Å². The lowest BCUT2D eigenvalue weighted by atomic mass is 10.0. The molecule has 1 aromatic carbocycles. The summed E-state index contributed by atoms with van der Waals surface area (Å²) >= 11 is 0. The standard InChI is InChI=1S/C16H21NO2/c1-11(17-16(18)10-12-2-3-12)8-13-4-5-15-14(9-13)6-7-19-15/h4-5,9,11-12H,2-3,6-8,10H2,1H3,(H,17,18).